The zero-order valence-electron chi connectivity index (χ0n) is 11.9. The molecule has 0 bridgehead atoms. The first-order valence-electron chi connectivity index (χ1n) is 6.57. The van der Waals surface area contributed by atoms with Crippen LogP contribution in [0.4, 0.5) is 17.3 Å². The van der Waals surface area contributed by atoms with E-state index in [4.69, 9.17) is 10.5 Å². The van der Waals surface area contributed by atoms with Crippen LogP contribution in [-0.4, -0.2) is 27.0 Å². The molecule has 0 unspecified atom stereocenters. The first-order valence-corrected chi connectivity index (χ1v) is 6.57. The summed E-state index contributed by atoms with van der Waals surface area (Å²) in [4.78, 5) is 17.1. The molecule has 7 nitrogen and oxygen atoms in total. The summed E-state index contributed by atoms with van der Waals surface area (Å²) in [6.45, 7) is 0. The average molecular weight is 294 g/mol. The molecule has 3 N–H and O–H groups in total. The van der Waals surface area contributed by atoms with Gasteiger partial charge in [0, 0.05) is 6.20 Å². The lowest BCUT2D eigenvalue weighted by Crippen LogP contribution is -2.02. The Morgan fingerprint density at radius 1 is 1.05 bits per heavy atom. The molecule has 110 valence electrons. The largest absolute Gasteiger partial charge is 0.491 e. The Morgan fingerprint density at radius 2 is 1.95 bits per heavy atom. The zero-order chi connectivity index (χ0) is 15.4. The van der Waals surface area contributed by atoms with Crippen molar-refractivity contribution in [2.24, 2.45) is 0 Å². The number of ether oxygens (including phenoxy) is 1. The first-order chi connectivity index (χ1) is 10.8. The van der Waals surface area contributed by atoms with Gasteiger partial charge >= 0.3 is 0 Å². The normalized spacial score (nSPS) is 10.2. The fraction of sp³-hybridized carbons (Fsp3) is 0.0667. The molecule has 0 aliphatic carbocycles. The van der Waals surface area contributed by atoms with Crippen molar-refractivity contribution in [1.29, 1.82) is 0 Å². The second-order valence-corrected chi connectivity index (χ2v) is 4.43. The molecule has 0 spiro atoms. The fourth-order valence-corrected chi connectivity index (χ4v) is 1.83. The molecule has 0 radical (unpaired) electrons. The number of hydrogen-bond donors (Lipinski definition) is 2. The molecule has 0 aromatic carbocycles. The Hall–Kier alpha value is -3.22. The summed E-state index contributed by atoms with van der Waals surface area (Å²) in [6.07, 6.45) is 4.85. The molecule has 3 heterocycles. The number of rotatable bonds is 4. The van der Waals surface area contributed by atoms with Gasteiger partial charge in [0.2, 0.25) is 0 Å². The second-order valence-electron chi connectivity index (χ2n) is 4.43. The van der Waals surface area contributed by atoms with Crippen LogP contribution in [0.1, 0.15) is 0 Å². The van der Waals surface area contributed by atoms with Crippen LogP contribution in [0, 0.1) is 0 Å². The monoisotopic (exact) mass is 294 g/mol. The molecule has 0 saturated carbocycles. The van der Waals surface area contributed by atoms with E-state index in [9.17, 15) is 0 Å². The molecule has 7 heteroatoms. The summed E-state index contributed by atoms with van der Waals surface area (Å²) in [5.41, 5.74) is 6.90. The van der Waals surface area contributed by atoms with Crippen molar-refractivity contribution >= 4 is 17.3 Å². The van der Waals surface area contributed by atoms with Crippen LogP contribution in [0.25, 0.3) is 11.5 Å². The van der Waals surface area contributed by atoms with Gasteiger partial charge in [0.25, 0.3) is 0 Å². The SMILES string of the molecule is COc1cnc(-c2ccccn2)nc1Nc1ccc(N)cn1. The van der Waals surface area contributed by atoms with E-state index in [1.807, 2.05) is 18.2 Å². The molecular formula is C15H14N6O. The summed E-state index contributed by atoms with van der Waals surface area (Å²) < 4.78 is 5.27. The van der Waals surface area contributed by atoms with Crippen molar-refractivity contribution in [3.63, 3.8) is 0 Å². The summed E-state index contributed by atoms with van der Waals surface area (Å²) >= 11 is 0. The lowest BCUT2D eigenvalue weighted by Gasteiger charge is -2.10. The topological polar surface area (TPSA) is 98.8 Å². The van der Waals surface area contributed by atoms with Gasteiger partial charge in [-0.25, -0.2) is 15.0 Å². The van der Waals surface area contributed by atoms with Crippen LogP contribution in [0.15, 0.2) is 48.9 Å². The fourth-order valence-electron chi connectivity index (χ4n) is 1.83. The Morgan fingerprint density at radius 3 is 2.64 bits per heavy atom. The Balaban J connectivity index is 1.96. The number of hydrogen-bond acceptors (Lipinski definition) is 7. The third-order valence-corrected chi connectivity index (χ3v) is 2.90. The van der Waals surface area contributed by atoms with Gasteiger partial charge in [-0.15, -0.1) is 0 Å². The number of nitrogens with zero attached hydrogens (tertiary/aromatic N) is 4. The molecule has 0 amide bonds. The second kappa shape index (κ2) is 6.04. The van der Waals surface area contributed by atoms with Crippen LogP contribution in [0.3, 0.4) is 0 Å². The van der Waals surface area contributed by atoms with Crippen LogP contribution in [-0.2, 0) is 0 Å². The molecule has 0 aliphatic heterocycles. The minimum absolute atomic E-state index is 0.499. The lowest BCUT2D eigenvalue weighted by molar-refractivity contribution is 0.413. The summed E-state index contributed by atoms with van der Waals surface area (Å²) in [5, 5.41) is 3.09. The molecular weight excluding hydrogens is 280 g/mol. The van der Waals surface area contributed by atoms with Crippen molar-refractivity contribution < 1.29 is 4.74 Å². The van der Waals surface area contributed by atoms with Crippen molar-refractivity contribution in [3.8, 4) is 17.3 Å². The Bertz CT molecular complexity index is 761. The molecule has 3 rings (SSSR count). The summed E-state index contributed by atoms with van der Waals surface area (Å²) in [5.74, 6) is 2.13. The molecule has 0 saturated heterocycles. The molecule has 22 heavy (non-hydrogen) atoms. The van der Waals surface area contributed by atoms with E-state index in [-0.39, 0.29) is 0 Å². The van der Waals surface area contributed by atoms with Gasteiger partial charge in [-0.05, 0) is 24.3 Å². The minimum Gasteiger partial charge on any atom is -0.491 e. The number of nitrogens with one attached hydrogen (secondary N) is 1. The maximum atomic E-state index is 5.63. The predicted octanol–water partition coefficient (Wildman–Crippen LogP) is 2.27. The minimum atomic E-state index is 0.499. The van der Waals surface area contributed by atoms with E-state index in [1.165, 1.54) is 0 Å². The van der Waals surface area contributed by atoms with Gasteiger partial charge in [0.05, 0.1) is 25.2 Å². The van der Waals surface area contributed by atoms with Crippen LogP contribution in [0.2, 0.25) is 0 Å². The standard InChI is InChI=1S/C15H14N6O/c1-22-12-9-19-14(11-4-2-3-7-17-11)21-15(12)20-13-6-5-10(16)8-18-13/h2-9H,16H2,1H3,(H,18,19,20,21). The molecule has 0 atom stereocenters. The number of nitrogens with two attached hydrogens (primary N) is 1. The van der Waals surface area contributed by atoms with Gasteiger partial charge in [-0.3, -0.25) is 4.98 Å². The number of aromatic nitrogens is 4. The maximum absolute atomic E-state index is 5.63. The third kappa shape index (κ3) is 2.93. The zero-order valence-corrected chi connectivity index (χ0v) is 11.9. The van der Waals surface area contributed by atoms with Gasteiger partial charge in [-0.1, -0.05) is 6.07 Å². The van der Waals surface area contributed by atoms with E-state index in [0.717, 1.165) is 0 Å². The summed E-state index contributed by atoms with van der Waals surface area (Å²) in [6, 6.07) is 9.07. The Kier molecular flexibility index (Phi) is 3.78. The quantitative estimate of drug-likeness (QED) is 0.761. The van der Waals surface area contributed by atoms with Crippen LogP contribution >= 0.6 is 0 Å². The van der Waals surface area contributed by atoms with Crippen molar-refractivity contribution in [1.82, 2.24) is 19.9 Å². The number of methoxy groups -OCH3 is 1. The highest BCUT2D eigenvalue weighted by Gasteiger charge is 2.10. The number of nitrogen functional groups attached to an aromatic ring is 1. The number of pyridine rings is 2. The van der Waals surface area contributed by atoms with Gasteiger partial charge < -0.3 is 15.8 Å². The first kappa shape index (κ1) is 13.7. The highest BCUT2D eigenvalue weighted by atomic mass is 16.5. The van der Waals surface area contributed by atoms with Gasteiger partial charge in [0.1, 0.15) is 11.5 Å². The smallest absolute Gasteiger partial charge is 0.180 e. The van der Waals surface area contributed by atoms with E-state index in [1.54, 1.807) is 37.8 Å². The third-order valence-electron chi connectivity index (χ3n) is 2.90. The maximum Gasteiger partial charge on any atom is 0.180 e. The Labute approximate surface area is 127 Å². The van der Waals surface area contributed by atoms with E-state index >= 15 is 0 Å². The van der Waals surface area contributed by atoms with Gasteiger partial charge in [-0.2, -0.15) is 0 Å². The predicted molar refractivity (Wildman–Crippen MR) is 83.7 cm³/mol. The van der Waals surface area contributed by atoms with Crippen LogP contribution < -0.4 is 15.8 Å². The highest BCUT2D eigenvalue weighted by Crippen LogP contribution is 2.26. The van der Waals surface area contributed by atoms with Gasteiger partial charge in [0.15, 0.2) is 17.4 Å². The summed E-state index contributed by atoms with van der Waals surface area (Å²) in [7, 11) is 1.56. The van der Waals surface area contributed by atoms with E-state index in [2.05, 4.69) is 25.3 Å². The van der Waals surface area contributed by atoms with Crippen molar-refractivity contribution in [2.75, 3.05) is 18.2 Å². The van der Waals surface area contributed by atoms with Crippen molar-refractivity contribution in [2.45, 2.75) is 0 Å². The van der Waals surface area contributed by atoms with E-state index < -0.39 is 0 Å². The van der Waals surface area contributed by atoms with E-state index in [0.29, 0.717) is 34.6 Å². The molecule has 0 aliphatic rings. The number of anilines is 3. The molecule has 0 fully saturated rings. The van der Waals surface area contributed by atoms with Crippen LogP contribution in [0.5, 0.6) is 5.75 Å². The lowest BCUT2D eigenvalue weighted by atomic mass is 10.3. The molecule has 3 aromatic heterocycles. The molecule has 3 aromatic rings. The average Bonchev–Trinajstić information content (AvgIpc) is 2.58. The van der Waals surface area contributed by atoms with Crippen molar-refractivity contribution in [3.05, 3.63) is 48.9 Å². The highest BCUT2D eigenvalue weighted by molar-refractivity contribution is 5.63.